The van der Waals surface area contributed by atoms with Gasteiger partial charge in [-0.05, 0) is 39.0 Å². The summed E-state index contributed by atoms with van der Waals surface area (Å²) in [5, 5.41) is 0.184. The van der Waals surface area contributed by atoms with Crippen LogP contribution in [0.1, 0.15) is 37.2 Å². The standard InChI is InChI=1S/C15H16FNO3/c1-4-20-15(19)12-8-17(9(2)3)13-6-5-10(16)7-11(13)14(12)18/h5-9H,4H2,1-3H3. The number of halogens is 1. The Balaban J connectivity index is 2.81. The van der Waals surface area contributed by atoms with Crippen molar-refractivity contribution in [2.45, 2.75) is 26.8 Å². The molecule has 1 aromatic carbocycles. The van der Waals surface area contributed by atoms with Crippen molar-refractivity contribution in [3.05, 3.63) is 46.0 Å². The number of nitrogens with zero attached hydrogens (tertiary/aromatic N) is 1. The first kappa shape index (κ1) is 14.2. The summed E-state index contributed by atoms with van der Waals surface area (Å²) in [6, 6.07) is 4.02. The third-order valence-corrected chi connectivity index (χ3v) is 3.05. The van der Waals surface area contributed by atoms with Crippen LogP contribution in [0.4, 0.5) is 4.39 Å². The molecule has 0 amide bonds. The number of ether oxygens (including phenoxy) is 1. The zero-order valence-corrected chi connectivity index (χ0v) is 11.6. The summed E-state index contributed by atoms with van der Waals surface area (Å²) in [7, 11) is 0. The summed E-state index contributed by atoms with van der Waals surface area (Å²) in [6.45, 7) is 5.69. The Morgan fingerprint density at radius 3 is 2.70 bits per heavy atom. The van der Waals surface area contributed by atoms with Crippen LogP contribution in [0, 0.1) is 5.82 Å². The van der Waals surface area contributed by atoms with Crippen LogP contribution in [-0.2, 0) is 4.74 Å². The minimum Gasteiger partial charge on any atom is -0.462 e. The normalized spacial score (nSPS) is 11.1. The molecule has 2 rings (SSSR count). The molecule has 0 saturated heterocycles. The molecule has 0 radical (unpaired) electrons. The number of benzene rings is 1. The molecule has 0 aliphatic carbocycles. The van der Waals surface area contributed by atoms with Crippen molar-refractivity contribution >= 4 is 16.9 Å². The molecule has 0 saturated carbocycles. The lowest BCUT2D eigenvalue weighted by molar-refractivity contribution is 0.0524. The first-order valence-corrected chi connectivity index (χ1v) is 6.47. The molecule has 0 bridgehead atoms. The maximum atomic E-state index is 13.4. The maximum absolute atomic E-state index is 13.4. The summed E-state index contributed by atoms with van der Waals surface area (Å²) < 4.78 is 20.0. The molecule has 0 N–H and O–H groups in total. The molecule has 0 aliphatic rings. The first-order chi connectivity index (χ1) is 9.45. The van der Waals surface area contributed by atoms with Gasteiger partial charge in [0.25, 0.3) is 0 Å². The lowest BCUT2D eigenvalue weighted by Gasteiger charge is -2.16. The fraction of sp³-hybridized carbons (Fsp3) is 0.333. The van der Waals surface area contributed by atoms with E-state index in [2.05, 4.69) is 0 Å². The van der Waals surface area contributed by atoms with E-state index in [9.17, 15) is 14.0 Å². The van der Waals surface area contributed by atoms with Gasteiger partial charge < -0.3 is 9.30 Å². The molecule has 5 heteroatoms. The third kappa shape index (κ3) is 2.43. The van der Waals surface area contributed by atoms with Crippen LogP contribution in [0.15, 0.2) is 29.2 Å². The quantitative estimate of drug-likeness (QED) is 0.810. The van der Waals surface area contributed by atoms with Crippen LogP contribution < -0.4 is 5.43 Å². The van der Waals surface area contributed by atoms with E-state index in [0.717, 1.165) is 6.07 Å². The smallest absolute Gasteiger partial charge is 0.343 e. The van der Waals surface area contributed by atoms with Gasteiger partial charge in [0.1, 0.15) is 11.4 Å². The summed E-state index contributed by atoms with van der Waals surface area (Å²) in [5.74, 6) is -1.19. The maximum Gasteiger partial charge on any atom is 0.343 e. The van der Waals surface area contributed by atoms with E-state index < -0.39 is 17.2 Å². The monoisotopic (exact) mass is 277 g/mol. The molecule has 106 valence electrons. The fourth-order valence-electron chi connectivity index (χ4n) is 2.11. The predicted octanol–water partition coefficient (Wildman–Crippen LogP) is 2.90. The number of hydrogen-bond acceptors (Lipinski definition) is 3. The van der Waals surface area contributed by atoms with Crippen molar-refractivity contribution in [1.29, 1.82) is 0 Å². The number of aromatic nitrogens is 1. The second-order valence-corrected chi connectivity index (χ2v) is 4.75. The van der Waals surface area contributed by atoms with Crippen LogP contribution in [0.25, 0.3) is 10.9 Å². The third-order valence-electron chi connectivity index (χ3n) is 3.05. The summed E-state index contributed by atoms with van der Waals surface area (Å²) in [5.41, 5.74) is 0.0212. The SMILES string of the molecule is CCOC(=O)c1cn(C(C)C)c2ccc(F)cc2c1=O. The molecule has 0 atom stereocenters. The Kier molecular flexibility index (Phi) is 3.88. The van der Waals surface area contributed by atoms with Crippen molar-refractivity contribution in [3.63, 3.8) is 0 Å². The number of rotatable bonds is 3. The number of pyridine rings is 1. The van der Waals surface area contributed by atoms with Crippen molar-refractivity contribution in [2.24, 2.45) is 0 Å². The van der Waals surface area contributed by atoms with E-state index >= 15 is 0 Å². The molecule has 0 spiro atoms. The van der Waals surface area contributed by atoms with Crippen LogP contribution in [0.5, 0.6) is 0 Å². The van der Waals surface area contributed by atoms with Crippen LogP contribution in [-0.4, -0.2) is 17.1 Å². The molecule has 0 unspecified atom stereocenters. The van der Waals surface area contributed by atoms with E-state index in [1.165, 1.54) is 12.3 Å². The predicted molar refractivity (Wildman–Crippen MR) is 74.5 cm³/mol. The zero-order valence-electron chi connectivity index (χ0n) is 11.6. The summed E-state index contributed by atoms with van der Waals surface area (Å²) in [4.78, 5) is 24.1. The first-order valence-electron chi connectivity index (χ1n) is 6.47. The van der Waals surface area contributed by atoms with Gasteiger partial charge in [-0.25, -0.2) is 9.18 Å². The van der Waals surface area contributed by atoms with Crippen molar-refractivity contribution in [2.75, 3.05) is 6.61 Å². The highest BCUT2D eigenvalue weighted by Gasteiger charge is 2.17. The van der Waals surface area contributed by atoms with Crippen LogP contribution >= 0.6 is 0 Å². The largest absolute Gasteiger partial charge is 0.462 e. The molecule has 0 aliphatic heterocycles. The van der Waals surface area contributed by atoms with E-state index in [0.29, 0.717) is 5.52 Å². The second kappa shape index (κ2) is 5.45. The van der Waals surface area contributed by atoms with Crippen LogP contribution in [0.2, 0.25) is 0 Å². The fourth-order valence-corrected chi connectivity index (χ4v) is 2.11. The summed E-state index contributed by atoms with van der Waals surface area (Å²) >= 11 is 0. The highest BCUT2D eigenvalue weighted by Crippen LogP contribution is 2.18. The Labute approximate surface area is 115 Å². The molecule has 0 fully saturated rings. The second-order valence-electron chi connectivity index (χ2n) is 4.75. The van der Waals surface area contributed by atoms with Gasteiger partial charge in [0.15, 0.2) is 0 Å². The van der Waals surface area contributed by atoms with Gasteiger partial charge in [0.2, 0.25) is 5.43 Å². The van der Waals surface area contributed by atoms with E-state index in [4.69, 9.17) is 4.74 Å². The molecular weight excluding hydrogens is 261 g/mol. The van der Waals surface area contributed by atoms with E-state index in [-0.39, 0.29) is 23.6 Å². The molecule has 20 heavy (non-hydrogen) atoms. The minimum atomic E-state index is -0.682. The highest BCUT2D eigenvalue weighted by molar-refractivity contribution is 5.93. The van der Waals surface area contributed by atoms with Crippen LogP contribution in [0.3, 0.4) is 0 Å². The lowest BCUT2D eigenvalue weighted by atomic mass is 10.1. The Morgan fingerprint density at radius 2 is 2.10 bits per heavy atom. The molecular formula is C15H16FNO3. The number of hydrogen-bond donors (Lipinski definition) is 0. The van der Waals surface area contributed by atoms with Crippen molar-refractivity contribution in [3.8, 4) is 0 Å². The number of carbonyl (C=O) groups is 1. The van der Waals surface area contributed by atoms with Crippen molar-refractivity contribution in [1.82, 2.24) is 4.57 Å². The number of carbonyl (C=O) groups excluding carboxylic acids is 1. The van der Waals surface area contributed by atoms with E-state index in [1.807, 2.05) is 13.8 Å². The van der Waals surface area contributed by atoms with Gasteiger partial charge in [0.05, 0.1) is 12.1 Å². The van der Waals surface area contributed by atoms with Gasteiger partial charge in [-0.3, -0.25) is 4.79 Å². The van der Waals surface area contributed by atoms with Gasteiger partial charge in [-0.2, -0.15) is 0 Å². The molecule has 4 nitrogen and oxygen atoms in total. The van der Waals surface area contributed by atoms with Gasteiger partial charge in [-0.1, -0.05) is 0 Å². The Morgan fingerprint density at radius 1 is 1.40 bits per heavy atom. The zero-order chi connectivity index (χ0) is 14.9. The Bertz CT molecular complexity index is 719. The average Bonchev–Trinajstić information content (AvgIpc) is 2.39. The van der Waals surface area contributed by atoms with E-state index in [1.54, 1.807) is 17.6 Å². The molecule has 1 heterocycles. The topological polar surface area (TPSA) is 48.3 Å². The van der Waals surface area contributed by atoms with Gasteiger partial charge >= 0.3 is 5.97 Å². The van der Waals surface area contributed by atoms with Gasteiger partial charge in [-0.15, -0.1) is 0 Å². The highest BCUT2D eigenvalue weighted by atomic mass is 19.1. The average molecular weight is 277 g/mol. The van der Waals surface area contributed by atoms with Gasteiger partial charge in [0, 0.05) is 17.6 Å². The number of esters is 1. The summed E-state index contributed by atoms with van der Waals surface area (Å²) in [6.07, 6.45) is 1.48. The minimum absolute atomic E-state index is 0.0248. The molecule has 2 aromatic rings. The Hall–Kier alpha value is -2.17. The lowest BCUT2D eigenvalue weighted by Crippen LogP contribution is -2.21. The molecule has 1 aromatic heterocycles. The van der Waals surface area contributed by atoms with Crippen molar-refractivity contribution < 1.29 is 13.9 Å². The number of fused-ring (bicyclic) bond motifs is 1.